The monoisotopic (exact) mass is 293 g/mol. The maximum Gasteiger partial charge on any atom is 0.238 e. The van der Waals surface area contributed by atoms with Crippen LogP contribution in [0.15, 0.2) is 18.2 Å². The topological polar surface area (TPSA) is 87.8 Å². The van der Waals surface area contributed by atoms with Gasteiger partial charge in [0.15, 0.2) is 0 Å². The Balaban J connectivity index is 1.93. The predicted molar refractivity (Wildman–Crippen MR) is 82.1 cm³/mol. The van der Waals surface area contributed by atoms with Crippen LogP contribution in [0.3, 0.4) is 0 Å². The molecule has 6 nitrogen and oxygen atoms in total. The highest BCUT2D eigenvalue weighted by atomic mass is 16.5. The van der Waals surface area contributed by atoms with E-state index in [-0.39, 0.29) is 31.3 Å². The van der Waals surface area contributed by atoms with Crippen molar-refractivity contribution in [2.75, 3.05) is 37.3 Å². The number of aliphatic hydroxyl groups excluding tert-OH is 1. The van der Waals surface area contributed by atoms with Crippen LogP contribution in [0.1, 0.15) is 12.5 Å². The minimum atomic E-state index is -0.226. The van der Waals surface area contributed by atoms with Crippen LogP contribution in [0, 0.1) is 6.92 Å². The number of rotatable bonds is 4. The highest BCUT2D eigenvalue weighted by molar-refractivity contribution is 5.93. The minimum absolute atomic E-state index is 0.0119. The van der Waals surface area contributed by atoms with Gasteiger partial charge in [-0.15, -0.1) is 0 Å². The lowest BCUT2D eigenvalue weighted by Crippen LogP contribution is -2.50. The molecule has 1 amide bonds. The van der Waals surface area contributed by atoms with E-state index in [1.54, 1.807) is 6.07 Å². The fourth-order valence-electron chi connectivity index (χ4n) is 2.55. The molecule has 21 heavy (non-hydrogen) atoms. The zero-order valence-electron chi connectivity index (χ0n) is 12.5. The van der Waals surface area contributed by atoms with Gasteiger partial charge in [-0.25, -0.2) is 0 Å². The molecule has 0 aromatic heterocycles. The summed E-state index contributed by atoms with van der Waals surface area (Å²) in [6, 6.07) is 5.46. The van der Waals surface area contributed by atoms with Gasteiger partial charge in [0, 0.05) is 24.5 Å². The maximum absolute atomic E-state index is 12.1. The summed E-state index contributed by atoms with van der Waals surface area (Å²) in [6.45, 7) is 5.30. The van der Waals surface area contributed by atoms with E-state index in [1.807, 2.05) is 30.9 Å². The Hall–Kier alpha value is -1.63. The molecule has 0 aliphatic carbocycles. The Morgan fingerprint density at radius 3 is 3.00 bits per heavy atom. The number of hydrogen-bond acceptors (Lipinski definition) is 5. The van der Waals surface area contributed by atoms with Crippen LogP contribution in [-0.2, 0) is 9.53 Å². The molecular weight excluding hydrogens is 270 g/mol. The number of nitrogens with two attached hydrogens (primary N) is 1. The zero-order valence-corrected chi connectivity index (χ0v) is 12.5. The van der Waals surface area contributed by atoms with Gasteiger partial charge in [0.2, 0.25) is 5.91 Å². The predicted octanol–water partition coefficient (Wildman–Crippen LogP) is 0.597. The summed E-state index contributed by atoms with van der Waals surface area (Å²) in [5.74, 6) is -0.0884. The number of hydrogen-bond donors (Lipinski definition) is 3. The molecule has 0 spiro atoms. The summed E-state index contributed by atoms with van der Waals surface area (Å²) < 4.78 is 5.56. The molecule has 1 aliphatic rings. The summed E-state index contributed by atoms with van der Waals surface area (Å²) in [4.78, 5) is 14.1. The summed E-state index contributed by atoms with van der Waals surface area (Å²) in [7, 11) is 0. The van der Waals surface area contributed by atoms with Crippen molar-refractivity contribution >= 4 is 17.3 Å². The molecule has 0 radical (unpaired) electrons. The van der Waals surface area contributed by atoms with E-state index in [2.05, 4.69) is 5.32 Å². The molecule has 2 rings (SSSR count). The van der Waals surface area contributed by atoms with E-state index in [0.717, 1.165) is 11.3 Å². The molecule has 4 N–H and O–H groups in total. The lowest BCUT2D eigenvalue weighted by atomic mass is 10.1. The van der Waals surface area contributed by atoms with Crippen molar-refractivity contribution in [3.8, 4) is 0 Å². The van der Waals surface area contributed by atoms with Gasteiger partial charge in [0.05, 0.1) is 25.4 Å². The number of carbonyl (C=O) groups is 1. The summed E-state index contributed by atoms with van der Waals surface area (Å²) >= 11 is 0. The lowest BCUT2D eigenvalue weighted by Gasteiger charge is -2.35. The summed E-state index contributed by atoms with van der Waals surface area (Å²) in [6.07, 6.45) is -0.214. The number of morpholine rings is 1. The van der Waals surface area contributed by atoms with Gasteiger partial charge >= 0.3 is 0 Å². The van der Waals surface area contributed by atoms with Crippen molar-refractivity contribution in [1.82, 2.24) is 4.90 Å². The second kappa shape index (κ2) is 6.89. The van der Waals surface area contributed by atoms with Crippen LogP contribution < -0.4 is 11.1 Å². The number of nitrogens with zero attached hydrogens (tertiary/aromatic N) is 1. The number of ether oxygens (including phenoxy) is 1. The molecule has 1 fully saturated rings. The smallest absolute Gasteiger partial charge is 0.238 e. The van der Waals surface area contributed by atoms with E-state index < -0.39 is 0 Å². The van der Waals surface area contributed by atoms with Crippen LogP contribution in [0.5, 0.6) is 0 Å². The average molecular weight is 293 g/mol. The second-order valence-electron chi connectivity index (χ2n) is 5.51. The van der Waals surface area contributed by atoms with E-state index >= 15 is 0 Å². The number of amides is 1. The van der Waals surface area contributed by atoms with Crippen molar-refractivity contribution in [3.63, 3.8) is 0 Å². The maximum atomic E-state index is 12.1. The second-order valence-corrected chi connectivity index (χ2v) is 5.51. The first-order chi connectivity index (χ1) is 9.99. The van der Waals surface area contributed by atoms with Crippen molar-refractivity contribution in [3.05, 3.63) is 23.8 Å². The zero-order chi connectivity index (χ0) is 15.4. The molecule has 1 aliphatic heterocycles. The van der Waals surface area contributed by atoms with E-state index in [9.17, 15) is 9.90 Å². The fraction of sp³-hybridized carbons (Fsp3) is 0.533. The number of nitrogen functional groups attached to an aromatic ring is 1. The van der Waals surface area contributed by atoms with Crippen molar-refractivity contribution in [1.29, 1.82) is 0 Å². The Morgan fingerprint density at radius 2 is 2.29 bits per heavy atom. The molecule has 2 atom stereocenters. The standard InChI is InChI=1S/C15H23N3O3/c1-10-6-18(7-12(9-19)21-10)8-15(20)17-14-5-3-4-13(16)11(14)2/h3-5,10,12,19H,6-9,16H2,1-2H3,(H,17,20). The van der Waals surface area contributed by atoms with Gasteiger partial charge in [-0.05, 0) is 31.5 Å². The molecule has 6 heteroatoms. The Kier molecular flexibility index (Phi) is 5.17. The van der Waals surface area contributed by atoms with Crippen LogP contribution >= 0.6 is 0 Å². The first-order valence-corrected chi connectivity index (χ1v) is 7.13. The quantitative estimate of drug-likeness (QED) is 0.708. The fourth-order valence-corrected chi connectivity index (χ4v) is 2.55. The first-order valence-electron chi connectivity index (χ1n) is 7.13. The van der Waals surface area contributed by atoms with Crippen molar-refractivity contribution < 1.29 is 14.6 Å². The summed E-state index contributed by atoms with van der Waals surface area (Å²) in [5, 5.41) is 12.1. The molecule has 1 aromatic carbocycles. The number of nitrogens with one attached hydrogen (secondary N) is 1. The van der Waals surface area contributed by atoms with E-state index in [1.165, 1.54) is 0 Å². The van der Waals surface area contributed by atoms with Gasteiger partial charge in [-0.1, -0.05) is 6.07 Å². The molecule has 0 saturated carbocycles. The van der Waals surface area contributed by atoms with Crippen LogP contribution in [0.2, 0.25) is 0 Å². The van der Waals surface area contributed by atoms with E-state index in [4.69, 9.17) is 10.5 Å². The third-order valence-corrected chi connectivity index (χ3v) is 3.62. The number of benzene rings is 1. The SMILES string of the molecule is Cc1c(N)cccc1NC(=O)CN1CC(C)OC(CO)C1. The average Bonchev–Trinajstić information content (AvgIpc) is 2.43. The van der Waals surface area contributed by atoms with Gasteiger partial charge in [0.25, 0.3) is 0 Å². The van der Waals surface area contributed by atoms with Crippen molar-refractivity contribution in [2.24, 2.45) is 0 Å². The Morgan fingerprint density at radius 1 is 1.52 bits per heavy atom. The molecular formula is C15H23N3O3. The number of anilines is 2. The van der Waals surface area contributed by atoms with Gasteiger partial charge in [-0.3, -0.25) is 9.69 Å². The molecule has 116 valence electrons. The number of aliphatic hydroxyl groups is 1. The Labute approximate surface area is 124 Å². The third kappa shape index (κ3) is 4.17. The third-order valence-electron chi connectivity index (χ3n) is 3.62. The molecule has 1 heterocycles. The Bertz CT molecular complexity index is 507. The highest BCUT2D eigenvalue weighted by Gasteiger charge is 2.26. The number of carbonyl (C=O) groups excluding carboxylic acids is 1. The lowest BCUT2D eigenvalue weighted by molar-refractivity contribution is -0.124. The van der Waals surface area contributed by atoms with Crippen LogP contribution in [0.25, 0.3) is 0 Å². The molecule has 1 aromatic rings. The largest absolute Gasteiger partial charge is 0.398 e. The highest BCUT2D eigenvalue weighted by Crippen LogP contribution is 2.20. The van der Waals surface area contributed by atoms with Gasteiger partial charge in [-0.2, -0.15) is 0 Å². The van der Waals surface area contributed by atoms with Crippen LogP contribution in [-0.4, -0.2) is 54.4 Å². The van der Waals surface area contributed by atoms with E-state index in [0.29, 0.717) is 18.8 Å². The molecule has 0 bridgehead atoms. The normalized spacial score (nSPS) is 23.0. The first kappa shape index (κ1) is 15.8. The minimum Gasteiger partial charge on any atom is -0.398 e. The van der Waals surface area contributed by atoms with Gasteiger partial charge in [0.1, 0.15) is 0 Å². The van der Waals surface area contributed by atoms with Gasteiger partial charge < -0.3 is 20.9 Å². The summed E-state index contributed by atoms with van der Waals surface area (Å²) in [5.41, 5.74) is 8.10. The molecule has 2 unspecified atom stereocenters. The van der Waals surface area contributed by atoms with Crippen LogP contribution in [0.4, 0.5) is 11.4 Å². The molecule has 1 saturated heterocycles. The van der Waals surface area contributed by atoms with Crippen molar-refractivity contribution in [2.45, 2.75) is 26.1 Å².